The Bertz CT molecular complexity index is 488. The number of amides is 1. The van der Waals surface area contributed by atoms with Crippen molar-refractivity contribution in [3.05, 3.63) is 29.8 Å². The minimum absolute atomic E-state index is 0.0906. The second-order valence-electron chi connectivity index (χ2n) is 5.57. The molecule has 21 heavy (non-hydrogen) atoms. The van der Waals surface area contributed by atoms with Crippen LogP contribution in [0.1, 0.15) is 43.5 Å². The van der Waals surface area contributed by atoms with Crippen molar-refractivity contribution in [1.82, 2.24) is 4.90 Å². The zero-order valence-corrected chi connectivity index (χ0v) is 13.0. The minimum atomic E-state index is 0.0906. The highest BCUT2D eigenvalue weighted by atomic mass is 16.2. The summed E-state index contributed by atoms with van der Waals surface area (Å²) in [5, 5.41) is 0. The number of nitrogens with zero attached hydrogens (tertiary/aromatic N) is 2. The average molecular weight is 288 g/mol. The lowest BCUT2D eigenvalue weighted by molar-refractivity contribution is -0.131. The Morgan fingerprint density at radius 2 is 1.67 bits per heavy atom. The molecule has 0 aromatic heterocycles. The molecule has 0 unspecified atom stereocenters. The second kappa shape index (κ2) is 7.25. The van der Waals surface area contributed by atoms with Crippen LogP contribution >= 0.6 is 0 Å². The number of hydrogen-bond donors (Lipinski definition) is 0. The van der Waals surface area contributed by atoms with Gasteiger partial charge in [0.25, 0.3) is 0 Å². The van der Waals surface area contributed by atoms with Crippen LogP contribution in [-0.2, 0) is 4.79 Å². The van der Waals surface area contributed by atoms with Crippen LogP contribution in [0.25, 0.3) is 0 Å². The molecule has 0 aliphatic carbocycles. The second-order valence-corrected chi connectivity index (χ2v) is 5.57. The van der Waals surface area contributed by atoms with E-state index in [1.807, 2.05) is 29.2 Å². The van der Waals surface area contributed by atoms with E-state index < -0.39 is 0 Å². The third-order valence-corrected chi connectivity index (χ3v) is 4.02. The molecular formula is C17H24N2O2. The van der Waals surface area contributed by atoms with Gasteiger partial charge >= 0.3 is 0 Å². The topological polar surface area (TPSA) is 40.6 Å². The van der Waals surface area contributed by atoms with E-state index in [0.29, 0.717) is 6.42 Å². The van der Waals surface area contributed by atoms with Crippen LogP contribution in [0.3, 0.4) is 0 Å². The molecule has 1 aromatic carbocycles. The van der Waals surface area contributed by atoms with E-state index in [-0.39, 0.29) is 11.7 Å². The van der Waals surface area contributed by atoms with Gasteiger partial charge in [0.05, 0.1) is 0 Å². The lowest BCUT2D eigenvalue weighted by Gasteiger charge is -2.36. The number of benzene rings is 1. The van der Waals surface area contributed by atoms with Gasteiger partial charge in [0.15, 0.2) is 5.78 Å². The normalized spacial score (nSPS) is 15.1. The summed E-state index contributed by atoms with van der Waals surface area (Å²) in [6, 6.07) is 7.73. The molecule has 0 radical (unpaired) electrons. The number of ketones is 1. The SMILES string of the molecule is CCCCC(=O)N1CCN(c2ccc(C(C)=O)cc2)CC1. The van der Waals surface area contributed by atoms with E-state index in [9.17, 15) is 9.59 Å². The largest absolute Gasteiger partial charge is 0.368 e. The molecule has 4 heteroatoms. The zero-order chi connectivity index (χ0) is 15.2. The first-order valence-electron chi connectivity index (χ1n) is 7.75. The number of anilines is 1. The van der Waals surface area contributed by atoms with Crippen LogP contribution in [0, 0.1) is 0 Å². The summed E-state index contributed by atoms with van der Waals surface area (Å²) in [4.78, 5) is 27.5. The first-order valence-corrected chi connectivity index (χ1v) is 7.75. The quantitative estimate of drug-likeness (QED) is 0.782. The molecule has 4 nitrogen and oxygen atoms in total. The molecule has 2 rings (SSSR count). The standard InChI is InChI=1S/C17H24N2O2/c1-3-4-5-17(21)19-12-10-18(11-13-19)16-8-6-15(7-9-16)14(2)20/h6-9H,3-5,10-13H2,1-2H3. The fourth-order valence-corrected chi connectivity index (χ4v) is 2.61. The van der Waals surface area contributed by atoms with Gasteiger partial charge in [-0.05, 0) is 37.6 Å². The number of rotatable bonds is 5. The van der Waals surface area contributed by atoms with Crippen molar-refractivity contribution in [3.8, 4) is 0 Å². The van der Waals surface area contributed by atoms with Gasteiger partial charge in [-0.25, -0.2) is 0 Å². The molecule has 1 amide bonds. The third kappa shape index (κ3) is 4.06. The molecule has 1 heterocycles. The number of hydrogen-bond acceptors (Lipinski definition) is 3. The van der Waals surface area contributed by atoms with E-state index in [2.05, 4.69) is 11.8 Å². The number of unbranched alkanes of at least 4 members (excludes halogenated alkanes) is 1. The molecule has 1 saturated heterocycles. The predicted molar refractivity (Wildman–Crippen MR) is 84.8 cm³/mol. The van der Waals surface area contributed by atoms with Crippen LogP contribution in [0.5, 0.6) is 0 Å². The predicted octanol–water partition coefficient (Wildman–Crippen LogP) is 2.73. The van der Waals surface area contributed by atoms with Crippen LogP contribution in [0.2, 0.25) is 0 Å². The van der Waals surface area contributed by atoms with Gasteiger partial charge in [0.2, 0.25) is 5.91 Å². The van der Waals surface area contributed by atoms with Crippen molar-refractivity contribution in [1.29, 1.82) is 0 Å². The lowest BCUT2D eigenvalue weighted by Crippen LogP contribution is -2.48. The first kappa shape index (κ1) is 15.5. The van der Waals surface area contributed by atoms with E-state index in [1.165, 1.54) is 0 Å². The molecule has 0 atom stereocenters. The Hall–Kier alpha value is -1.84. The van der Waals surface area contributed by atoms with Gasteiger partial charge in [0, 0.05) is 43.9 Å². The van der Waals surface area contributed by atoms with Crippen LogP contribution in [0.15, 0.2) is 24.3 Å². The number of carbonyl (C=O) groups excluding carboxylic acids is 2. The Morgan fingerprint density at radius 1 is 1.05 bits per heavy atom. The van der Waals surface area contributed by atoms with Crippen molar-refractivity contribution in [2.45, 2.75) is 33.1 Å². The Labute approximate surface area is 126 Å². The highest BCUT2D eigenvalue weighted by Gasteiger charge is 2.20. The van der Waals surface area contributed by atoms with Crippen LogP contribution in [0.4, 0.5) is 5.69 Å². The van der Waals surface area contributed by atoms with Gasteiger partial charge in [-0.15, -0.1) is 0 Å². The Balaban J connectivity index is 1.88. The van der Waals surface area contributed by atoms with Gasteiger partial charge < -0.3 is 9.80 Å². The van der Waals surface area contributed by atoms with E-state index in [0.717, 1.165) is 50.3 Å². The molecule has 0 N–H and O–H groups in total. The maximum atomic E-state index is 12.0. The molecule has 0 saturated carbocycles. The van der Waals surface area contributed by atoms with E-state index in [4.69, 9.17) is 0 Å². The summed E-state index contributed by atoms with van der Waals surface area (Å²) in [7, 11) is 0. The van der Waals surface area contributed by atoms with Gasteiger partial charge in [-0.3, -0.25) is 9.59 Å². The zero-order valence-electron chi connectivity index (χ0n) is 13.0. The highest BCUT2D eigenvalue weighted by Crippen LogP contribution is 2.18. The molecule has 1 fully saturated rings. The summed E-state index contributed by atoms with van der Waals surface area (Å²) >= 11 is 0. The van der Waals surface area contributed by atoms with Crippen LogP contribution < -0.4 is 4.90 Å². The lowest BCUT2D eigenvalue weighted by atomic mass is 10.1. The Kier molecular flexibility index (Phi) is 5.37. The summed E-state index contributed by atoms with van der Waals surface area (Å²) in [6.07, 6.45) is 2.71. The summed E-state index contributed by atoms with van der Waals surface area (Å²) < 4.78 is 0. The van der Waals surface area contributed by atoms with Crippen molar-refractivity contribution in [2.75, 3.05) is 31.1 Å². The molecule has 1 aliphatic rings. The van der Waals surface area contributed by atoms with Gasteiger partial charge in [-0.1, -0.05) is 13.3 Å². The third-order valence-electron chi connectivity index (χ3n) is 4.02. The fourth-order valence-electron chi connectivity index (χ4n) is 2.61. The molecule has 0 bridgehead atoms. The monoisotopic (exact) mass is 288 g/mol. The average Bonchev–Trinajstić information content (AvgIpc) is 2.53. The number of carbonyl (C=O) groups is 2. The van der Waals surface area contributed by atoms with E-state index >= 15 is 0 Å². The van der Waals surface area contributed by atoms with Gasteiger partial charge in [0.1, 0.15) is 0 Å². The molecule has 0 spiro atoms. The van der Waals surface area contributed by atoms with Crippen molar-refractivity contribution in [2.24, 2.45) is 0 Å². The fraction of sp³-hybridized carbons (Fsp3) is 0.529. The molecular weight excluding hydrogens is 264 g/mol. The maximum Gasteiger partial charge on any atom is 0.222 e. The highest BCUT2D eigenvalue weighted by molar-refractivity contribution is 5.94. The van der Waals surface area contributed by atoms with Gasteiger partial charge in [-0.2, -0.15) is 0 Å². The summed E-state index contributed by atoms with van der Waals surface area (Å²) in [5.41, 5.74) is 1.87. The van der Waals surface area contributed by atoms with Crippen molar-refractivity contribution < 1.29 is 9.59 Å². The Morgan fingerprint density at radius 3 is 2.19 bits per heavy atom. The van der Waals surface area contributed by atoms with Crippen molar-refractivity contribution >= 4 is 17.4 Å². The summed E-state index contributed by atoms with van der Waals surface area (Å²) in [5.74, 6) is 0.372. The molecule has 114 valence electrons. The first-order chi connectivity index (χ1) is 10.1. The summed E-state index contributed by atoms with van der Waals surface area (Å²) in [6.45, 7) is 6.98. The van der Waals surface area contributed by atoms with Crippen molar-refractivity contribution in [3.63, 3.8) is 0 Å². The number of Topliss-reactive ketones (excluding diaryl/α,β-unsaturated/α-hetero) is 1. The number of piperazine rings is 1. The van der Waals surface area contributed by atoms with Crippen LogP contribution in [-0.4, -0.2) is 42.8 Å². The maximum absolute atomic E-state index is 12.0. The smallest absolute Gasteiger partial charge is 0.222 e. The van der Waals surface area contributed by atoms with E-state index in [1.54, 1.807) is 6.92 Å². The molecule has 1 aromatic rings. The molecule has 1 aliphatic heterocycles. The minimum Gasteiger partial charge on any atom is -0.368 e.